The number of hydrogen-bond acceptors (Lipinski definition) is 5. The maximum absolute atomic E-state index is 11.0. The van der Waals surface area contributed by atoms with Crippen molar-refractivity contribution in [2.24, 2.45) is 0 Å². The van der Waals surface area contributed by atoms with E-state index in [1.165, 1.54) is 0 Å². The lowest BCUT2D eigenvalue weighted by atomic mass is 10.4. The fraction of sp³-hybridized carbons (Fsp3) is 0.900. The number of aliphatic hydroxyl groups excluding tert-OH is 1. The Labute approximate surface area is 90.3 Å². The summed E-state index contributed by atoms with van der Waals surface area (Å²) in [5.74, 6) is -0.342. The van der Waals surface area contributed by atoms with Crippen LogP contribution in [0.2, 0.25) is 0 Å². The van der Waals surface area contributed by atoms with Gasteiger partial charge in [-0.3, -0.25) is 0 Å². The van der Waals surface area contributed by atoms with Gasteiger partial charge in [0, 0.05) is 0 Å². The molecule has 0 aromatic heterocycles. The molecule has 0 aromatic rings. The molecule has 90 valence electrons. The summed E-state index contributed by atoms with van der Waals surface area (Å²) < 4.78 is 14.8. The van der Waals surface area contributed by atoms with Gasteiger partial charge in [-0.15, -0.1) is 0 Å². The molecule has 0 spiro atoms. The van der Waals surface area contributed by atoms with Crippen molar-refractivity contribution >= 4 is 5.97 Å². The number of hydrogen-bond donors (Lipinski definition) is 1. The smallest absolute Gasteiger partial charge is 0.332 e. The van der Waals surface area contributed by atoms with E-state index in [1.54, 1.807) is 0 Å². The molecule has 5 nitrogen and oxygen atoms in total. The van der Waals surface area contributed by atoms with Crippen molar-refractivity contribution in [1.82, 2.24) is 0 Å². The van der Waals surface area contributed by atoms with Gasteiger partial charge in [0.25, 0.3) is 0 Å². The quantitative estimate of drug-likeness (QED) is 0.425. The summed E-state index contributed by atoms with van der Waals surface area (Å²) in [6.45, 7) is 3.46. The van der Waals surface area contributed by atoms with Gasteiger partial charge in [-0.05, 0) is 6.42 Å². The second kappa shape index (κ2) is 11.4. The first-order chi connectivity index (χ1) is 7.31. The summed E-state index contributed by atoms with van der Waals surface area (Å²) in [6, 6.07) is 0. The van der Waals surface area contributed by atoms with Crippen molar-refractivity contribution in [3.8, 4) is 0 Å². The van der Waals surface area contributed by atoms with Crippen LogP contribution in [0.15, 0.2) is 0 Å². The molecule has 0 aliphatic heterocycles. The van der Waals surface area contributed by atoms with Crippen molar-refractivity contribution in [1.29, 1.82) is 0 Å². The van der Waals surface area contributed by atoms with Gasteiger partial charge in [0.05, 0.1) is 33.0 Å². The molecule has 5 heteroatoms. The summed E-state index contributed by atoms with van der Waals surface area (Å²) in [5.41, 5.74) is 0. The Morgan fingerprint density at radius 1 is 1.13 bits per heavy atom. The van der Waals surface area contributed by atoms with Gasteiger partial charge in [-0.2, -0.15) is 0 Å². The first-order valence-electron chi connectivity index (χ1n) is 5.23. The van der Waals surface area contributed by atoms with Crippen LogP contribution in [0.5, 0.6) is 0 Å². The first kappa shape index (κ1) is 14.3. The third-order valence-corrected chi connectivity index (χ3v) is 1.59. The molecule has 0 aliphatic rings. The molecule has 0 heterocycles. The van der Waals surface area contributed by atoms with Crippen LogP contribution in [0.3, 0.4) is 0 Å². The highest BCUT2D eigenvalue weighted by Gasteiger charge is 2.01. The zero-order chi connectivity index (χ0) is 11.4. The van der Waals surface area contributed by atoms with Crippen LogP contribution in [-0.2, 0) is 19.0 Å². The fourth-order valence-electron chi connectivity index (χ4n) is 0.812. The highest BCUT2D eigenvalue weighted by atomic mass is 16.6. The van der Waals surface area contributed by atoms with Crippen LogP contribution in [0, 0.1) is 0 Å². The third-order valence-electron chi connectivity index (χ3n) is 1.59. The number of unbranched alkanes of at least 4 members (excludes halogenated alkanes) is 1. The molecule has 0 unspecified atom stereocenters. The molecule has 0 saturated carbocycles. The Kier molecular flexibility index (Phi) is 10.9. The normalized spacial score (nSPS) is 10.3. The Morgan fingerprint density at radius 3 is 2.53 bits per heavy atom. The molecular formula is C10H20O5. The Morgan fingerprint density at radius 2 is 1.87 bits per heavy atom. The van der Waals surface area contributed by atoms with E-state index in [9.17, 15) is 4.79 Å². The first-order valence-corrected chi connectivity index (χ1v) is 5.23. The summed E-state index contributed by atoms with van der Waals surface area (Å²) >= 11 is 0. The van der Waals surface area contributed by atoms with Crippen molar-refractivity contribution < 1.29 is 24.1 Å². The van der Waals surface area contributed by atoms with E-state index in [0.717, 1.165) is 12.8 Å². The van der Waals surface area contributed by atoms with Gasteiger partial charge in [-0.25, -0.2) is 4.79 Å². The van der Waals surface area contributed by atoms with Gasteiger partial charge >= 0.3 is 5.97 Å². The molecule has 0 fully saturated rings. The SMILES string of the molecule is CCCCOC(=O)COCCOCCO. The minimum atomic E-state index is -0.342. The summed E-state index contributed by atoms with van der Waals surface area (Å²) in [4.78, 5) is 11.0. The lowest BCUT2D eigenvalue weighted by Crippen LogP contribution is -2.16. The standard InChI is InChI=1S/C10H20O5/c1-2-3-5-15-10(12)9-14-8-7-13-6-4-11/h11H,2-9H2,1H3. The molecule has 1 N–H and O–H groups in total. The van der Waals surface area contributed by atoms with E-state index in [4.69, 9.17) is 19.3 Å². The van der Waals surface area contributed by atoms with E-state index < -0.39 is 0 Å². The second-order valence-electron chi connectivity index (χ2n) is 2.96. The Bertz CT molecular complexity index is 149. The van der Waals surface area contributed by atoms with Crippen molar-refractivity contribution in [2.45, 2.75) is 19.8 Å². The molecule has 0 atom stereocenters. The maximum Gasteiger partial charge on any atom is 0.332 e. The van der Waals surface area contributed by atoms with Crippen LogP contribution in [0.25, 0.3) is 0 Å². The molecule has 0 amide bonds. The minimum Gasteiger partial charge on any atom is -0.464 e. The number of aliphatic hydroxyl groups is 1. The van der Waals surface area contributed by atoms with Crippen LogP contribution < -0.4 is 0 Å². The molecule has 0 aromatic carbocycles. The topological polar surface area (TPSA) is 65.0 Å². The predicted octanol–water partition coefficient (Wildman–Crippen LogP) is 0.355. The van der Waals surface area contributed by atoms with E-state index in [0.29, 0.717) is 26.4 Å². The van der Waals surface area contributed by atoms with Crippen molar-refractivity contribution in [3.63, 3.8) is 0 Å². The van der Waals surface area contributed by atoms with E-state index in [2.05, 4.69) is 0 Å². The Balaban J connectivity index is 3.10. The van der Waals surface area contributed by atoms with Gasteiger partial charge in [0.15, 0.2) is 0 Å². The number of carbonyl (C=O) groups is 1. The highest BCUT2D eigenvalue weighted by Crippen LogP contribution is 1.89. The van der Waals surface area contributed by atoms with Gasteiger partial charge < -0.3 is 19.3 Å². The number of ether oxygens (including phenoxy) is 3. The fourth-order valence-corrected chi connectivity index (χ4v) is 0.812. The average molecular weight is 220 g/mol. The molecule has 0 bridgehead atoms. The van der Waals surface area contributed by atoms with Crippen LogP contribution >= 0.6 is 0 Å². The van der Waals surface area contributed by atoms with Gasteiger partial charge in [-0.1, -0.05) is 13.3 Å². The van der Waals surface area contributed by atoms with Gasteiger partial charge in [0.2, 0.25) is 0 Å². The van der Waals surface area contributed by atoms with Crippen LogP contribution in [0.4, 0.5) is 0 Å². The van der Waals surface area contributed by atoms with E-state index in [1.807, 2.05) is 6.92 Å². The van der Waals surface area contributed by atoms with Gasteiger partial charge in [0.1, 0.15) is 6.61 Å². The van der Waals surface area contributed by atoms with Crippen LogP contribution in [-0.4, -0.2) is 50.7 Å². The maximum atomic E-state index is 11.0. The largest absolute Gasteiger partial charge is 0.464 e. The lowest BCUT2D eigenvalue weighted by molar-refractivity contribution is -0.149. The lowest BCUT2D eigenvalue weighted by Gasteiger charge is -2.05. The number of rotatable bonds is 10. The molecule has 0 aliphatic carbocycles. The number of carbonyl (C=O) groups excluding carboxylic acids is 1. The summed E-state index contributed by atoms with van der Waals surface area (Å²) in [6.07, 6.45) is 1.88. The Hall–Kier alpha value is -0.650. The highest BCUT2D eigenvalue weighted by molar-refractivity contribution is 5.70. The molecule has 0 rings (SSSR count). The zero-order valence-corrected chi connectivity index (χ0v) is 9.24. The summed E-state index contributed by atoms with van der Waals surface area (Å²) in [7, 11) is 0. The molecule has 0 saturated heterocycles. The van der Waals surface area contributed by atoms with E-state index >= 15 is 0 Å². The monoisotopic (exact) mass is 220 g/mol. The van der Waals surface area contributed by atoms with Crippen LogP contribution in [0.1, 0.15) is 19.8 Å². The predicted molar refractivity (Wildman–Crippen MR) is 54.6 cm³/mol. The molecule has 15 heavy (non-hydrogen) atoms. The molecular weight excluding hydrogens is 200 g/mol. The van der Waals surface area contributed by atoms with Crippen molar-refractivity contribution in [2.75, 3.05) is 39.6 Å². The second-order valence-corrected chi connectivity index (χ2v) is 2.96. The third kappa shape index (κ3) is 11.3. The molecule has 0 radical (unpaired) electrons. The minimum absolute atomic E-state index is 0.000933. The number of esters is 1. The summed E-state index contributed by atoms with van der Waals surface area (Å²) in [5, 5.41) is 8.39. The van der Waals surface area contributed by atoms with Crippen molar-refractivity contribution in [3.05, 3.63) is 0 Å². The van der Waals surface area contributed by atoms with E-state index in [-0.39, 0.29) is 19.2 Å². The average Bonchev–Trinajstić information content (AvgIpc) is 2.23. The zero-order valence-electron chi connectivity index (χ0n) is 9.24.